The zero-order valence-electron chi connectivity index (χ0n) is 17.2. The van der Waals surface area contributed by atoms with Gasteiger partial charge in [-0.1, -0.05) is 35.3 Å². The summed E-state index contributed by atoms with van der Waals surface area (Å²) in [6.45, 7) is 4.84. The van der Waals surface area contributed by atoms with Crippen LogP contribution in [0, 0.1) is 13.8 Å². The average Bonchev–Trinajstić information content (AvgIpc) is 2.66. The van der Waals surface area contributed by atoms with E-state index < -0.39 is 10.0 Å². The molecule has 0 unspecified atom stereocenters. The highest BCUT2D eigenvalue weighted by Gasteiger charge is 2.18. The van der Waals surface area contributed by atoms with E-state index in [9.17, 15) is 13.2 Å². The van der Waals surface area contributed by atoms with Crippen LogP contribution in [-0.4, -0.2) is 40.3 Å². The Hall–Kier alpha value is -1.96. The molecule has 0 aromatic heterocycles. The number of sulfonamides is 1. The van der Waals surface area contributed by atoms with E-state index in [1.54, 1.807) is 12.1 Å². The predicted molar refractivity (Wildman–Crippen MR) is 122 cm³/mol. The topological polar surface area (TPSA) is 75.7 Å². The molecule has 30 heavy (non-hydrogen) atoms. The van der Waals surface area contributed by atoms with Crippen LogP contribution < -0.4 is 14.4 Å². The number of halogens is 2. The summed E-state index contributed by atoms with van der Waals surface area (Å²) in [6.07, 6.45) is 1.66. The van der Waals surface area contributed by atoms with Gasteiger partial charge in [0.2, 0.25) is 15.9 Å². The minimum atomic E-state index is -3.52. The molecular weight excluding hydrogens is 447 g/mol. The van der Waals surface area contributed by atoms with Crippen LogP contribution in [-0.2, 0) is 14.8 Å². The minimum Gasteiger partial charge on any atom is -0.491 e. The molecule has 0 atom stereocenters. The molecule has 9 heteroatoms. The molecule has 2 rings (SSSR count). The molecular formula is C21H26Cl2N2O4S. The summed E-state index contributed by atoms with van der Waals surface area (Å²) in [7, 11) is -3.52. The van der Waals surface area contributed by atoms with Crippen LogP contribution in [0.5, 0.6) is 5.75 Å². The highest BCUT2D eigenvalue weighted by atomic mass is 35.5. The van der Waals surface area contributed by atoms with Crippen molar-refractivity contribution in [2.24, 2.45) is 0 Å². The first kappa shape index (κ1) is 24.3. The summed E-state index contributed by atoms with van der Waals surface area (Å²) < 4.78 is 31.2. The van der Waals surface area contributed by atoms with Crippen molar-refractivity contribution >= 4 is 44.8 Å². The zero-order chi connectivity index (χ0) is 22.3. The maximum atomic E-state index is 12.1. The van der Waals surface area contributed by atoms with Gasteiger partial charge in [0.05, 0.1) is 28.5 Å². The van der Waals surface area contributed by atoms with Gasteiger partial charge >= 0.3 is 0 Å². The summed E-state index contributed by atoms with van der Waals surface area (Å²) in [5, 5.41) is 3.40. The molecule has 0 saturated carbocycles. The van der Waals surface area contributed by atoms with Gasteiger partial charge in [0.25, 0.3) is 0 Å². The van der Waals surface area contributed by atoms with Crippen LogP contribution in [0.1, 0.15) is 24.0 Å². The summed E-state index contributed by atoms with van der Waals surface area (Å²) in [5.41, 5.74) is 2.56. The van der Waals surface area contributed by atoms with Gasteiger partial charge in [-0.2, -0.15) is 0 Å². The molecule has 1 amide bonds. The fourth-order valence-corrected chi connectivity index (χ4v) is 4.06. The number of ether oxygens (including phenoxy) is 1. The fourth-order valence-electron chi connectivity index (χ4n) is 2.81. The van der Waals surface area contributed by atoms with Crippen molar-refractivity contribution in [1.82, 2.24) is 5.32 Å². The van der Waals surface area contributed by atoms with E-state index in [1.165, 1.54) is 10.4 Å². The second-order valence-corrected chi connectivity index (χ2v) is 9.73. The molecule has 164 valence electrons. The Morgan fingerprint density at radius 1 is 1.10 bits per heavy atom. The summed E-state index contributed by atoms with van der Waals surface area (Å²) in [6, 6.07) is 10.6. The number of nitrogens with one attached hydrogen (secondary N) is 1. The van der Waals surface area contributed by atoms with Gasteiger partial charge in [-0.15, -0.1) is 0 Å². The molecule has 0 heterocycles. The lowest BCUT2D eigenvalue weighted by Crippen LogP contribution is -2.33. The summed E-state index contributed by atoms with van der Waals surface area (Å²) in [5.74, 6) is 0.636. The van der Waals surface area contributed by atoms with Crippen molar-refractivity contribution in [2.45, 2.75) is 26.7 Å². The minimum absolute atomic E-state index is 0.156. The number of carbonyl (C=O) groups is 1. The second kappa shape index (κ2) is 10.9. The quantitative estimate of drug-likeness (QED) is 0.521. The third-order valence-electron chi connectivity index (χ3n) is 4.38. The van der Waals surface area contributed by atoms with Crippen molar-refractivity contribution < 1.29 is 17.9 Å². The Balaban J connectivity index is 1.80. The van der Waals surface area contributed by atoms with Gasteiger partial charge in [0.1, 0.15) is 12.4 Å². The molecule has 0 aliphatic rings. The first-order valence-electron chi connectivity index (χ1n) is 9.47. The number of rotatable bonds is 10. The highest BCUT2D eigenvalue weighted by molar-refractivity contribution is 7.92. The molecule has 0 aliphatic carbocycles. The average molecular weight is 473 g/mol. The van der Waals surface area contributed by atoms with Gasteiger partial charge in [-0.3, -0.25) is 9.10 Å². The predicted octanol–water partition coefficient (Wildman–Crippen LogP) is 4.35. The Kier molecular flexibility index (Phi) is 8.82. The number of hydrogen-bond acceptors (Lipinski definition) is 4. The third-order valence-corrected chi connectivity index (χ3v) is 6.32. The van der Waals surface area contributed by atoms with E-state index in [1.807, 2.05) is 32.0 Å². The van der Waals surface area contributed by atoms with Gasteiger partial charge in [-0.25, -0.2) is 8.42 Å². The van der Waals surface area contributed by atoms with Crippen molar-refractivity contribution in [3.63, 3.8) is 0 Å². The van der Waals surface area contributed by atoms with Crippen LogP contribution >= 0.6 is 23.2 Å². The largest absolute Gasteiger partial charge is 0.491 e. The van der Waals surface area contributed by atoms with Crippen molar-refractivity contribution in [3.8, 4) is 5.75 Å². The number of benzene rings is 2. The maximum absolute atomic E-state index is 12.1. The number of anilines is 1. The van der Waals surface area contributed by atoms with Crippen molar-refractivity contribution in [3.05, 3.63) is 57.6 Å². The van der Waals surface area contributed by atoms with Crippen LogP contribution in [0.15, 0.2) is 36.4 Å². The molecule has 0 spiro atoms. The Bertz CT molecular complexity index is 996. The lowest BCUT2D eigenvalue weighted by atomic mass is 10.1. The molecule has 0 aliphatic heterocycles. The molecule has 0 bridgehead atoms. The number of hydrogen-bond donors (Lipinski definition) is 1. The van der Waals surface area contributed by atoms with Crippen molar-refractivity contribution in [2.75, 3.05) is 30.3 Å². The van der Waals surface area contributed by atoms with Crippen LogP contribution in [0.25, 0.3) is 0 Å². The van der Waals surface area contributed by atoms with Gasteiger partial charge in [-0.05, 0) is 55.7 Å². The monoisotopic (exact) mass is 472 g/mol. The number of amides is 1. The van der Waals surface area contributed by atoms with Crippen LogP contribution in [0.2, 0.25) is 10.0 Å². The Morgan fingerprint density at radius 3 is 2.50 bits per heavy atom. The maximum Gasteiger partial charge on any atom is 0.232 e. The van der Waals surface area contributed by atoms with Crippen LogP contribution in [0.3, 0.4) is 0 Å². The molecule has 6 nitrogen and oxygen atoms in total. The third kappa shape index (κ3) is 7.38. The van der Waals surface area contributed by atoms with Gasteiger partial charge < -0.3 is 10.1 Å². The standard InChI is InChI=1S/C21H26Cl2N2O4S/c1-15-6-7-16(2)20(13-15)29-12-10-24-21(26)5-4-11-25(30(3,27)28)17-8-9-18(22)19(23)14-17/h6-9,13-14H,4-5,10-12H2,1-3H3,(H,24,26). The molecule has 2 aromatic carbocycles. The normalized spacial score (nSPS) is 11.2. The molecule has 2 aromatic rings. The van der Waals surface area contributed by atoms with Gasteiger partial charge in [0.15, 0.2) is 0 Å². The van der Waals surface area contributed by atoms with E-state index in [2.05, 4.69) is 5.32 Å². The number of carbonyl (C=O) groups excluding carboxylic acids is 1. The first-order chi connectivity index (χ1) is 14.1. The zero-order valence-corrected chi connectivity index (χ0v) is 19.6. The lowest BCUT2D eigenvalue weighted by molar-refractivity contribution is -0.121. The fraction of sp³-hybridized carbons (Fsp3) is 0.381. The summed E-state index contributed by atoms with van der Waals surface area (Å²) >= 11 is 11.9. The SMILES string of the molecule is Cc1ccc(C)c(OCCNC(=O)CCCN(c2ccc(Cl)c(Cl)c2)S(C)(=O)=O)c1. The summed E-state index contributed by atoms with van der Waals surface area (Å²) in [4.78, 5) is 12.1. The number of aryl methyl sites for hydroxylation is 2. The van der Waals surface area contributed by atoms with E-state index in [0.29, 0.717) is 30.3 Å². The molecule has 1 N–H and O–H groups in total. The molecule has 0 fully saturated rings. The van der Waals surface area contributed by atoms with Gasteiger partial charge in [0, 0.05) is 13.0 Å². The highest BCUT2D eigenvalue weighted by Crippen LogP contribution is 2.28. The second-order valence-electron chi connectivity index (χ2n) is 7.00. The number of nitrogens with zero attached hydrogens (tertiary/aromatic N) is 1. The lowest BCUT2D eigenvalue weighted by Gasteiger charge is -2.22. The van der Waals surface area contributed by atoms with Crippen molar-refractivity contribution in [1.29, 1.82) is 0 Å². The molecule has 0 radical (unpaired) electrons. The van der Waals surface area contributed by atoms with E-state index in [4.69, 9.17) is 27.9 Å². The Labute approximate surface area is 188 Å². The van der Waals surface area contributed by atoms with Crippen LogP contribution in [0.4, 0.5) is 5.69 Å². The smallest absolute Gasteiger partial charge is 0.232 e. The Morgan fingerprint density at radius 2 is 1.83 bits per heavy atom. The molecule has 0 saturated heterocycles. The van der Waals surface area contributed by atoms with E-state index >= 15 is 0 Å². The van der Waals surface area contributed by atoms with E-state index in [0.717, 1.165) is 23.1 Å². The first-order valence-corrected chi connectivity index (χ1v) is 12.1. The van der Waals surface area contributed by atoms with E-state index in [-0.39, 0.29) is 23.9 Å².